The lowest BCUT2D eigenvalue weighted by Gasteiger charge is -2.25. The van der Waals surface area contributed by atoms with Gasteiger partial charge in [0.05, 0.1) is 5.69 Å². The van der Waals surface area contributed by atoms with Crippen molar-refractivity contribution in [3.05, 3.63) is 17.2 Å². The summed E-state index contributed by atoms with van der Waals surface area (Å²) in [5, 5.41) is 19.2. The summed E-state index contributed by atoms with van der Waals surface area (Å²) in [7, 11) is 0. The van der Waals surface area contributed by atoms with Crippen LogP contribution in [0.5, 0.6) is 0 Å². The Bertz CT molecular complexity index is 471. The molecule has 0 radical (unpaired) electrons. The molecule has 0 aliphatic carbocycles. The highest BCUT2D eigenvalue weighted by molar-refractivity contribution is 5.87. The number of aromatic carboxylic acids is 1. The van der Waals surface area contributed by atoms with Gasteiger partial charge in [0, 0.05) is 6.42 Å². The van der Waals surface area contributed by atoms with E-state index in [-0.39, 0.29) is 11.1 Å². The predicted octanol–water partition coefficient (Wildman–Crippen LogP) is 2.00. The van der Waals surface area contributed by atoms with E-state index in [0.717, 1.165) is 6.42 Å². The summed E-state index contributed by atoms with van der Waals surface area (Å²) in [5.74, 6) is -0.324. The number of fused-ring (bicyclic) bond motifs is 1. The zero-order valence-electron chi connectivity index (χ0n) is 11.1. The summed E-state index contributed by atoms with van der Waals surface area (Å²) in [6, 6.07) is 0. The van der Waals surface area contributed by atoms with Crippen LogP contribution in [-0.2, 0) is 12.8 Å². The summed E-state index contributed by atoms with van der Waals surface area (Å²) in [6.45, 7) is 6.22. The molecule has 5 heteroatoms. The maximum atomic E-state index is 11.2. The van der Waals surface area contributed by atoms with Crippen molar-refractivity contribution >= 4 is 5.97 Å². The molecule has 1 aromatic heterocycles. The number of hydrogen-bond donors (Lipinski definition) is 2. The van der Waals surface area contributed by atoms with Gasteiger partial charge in [-0.3, -0.25) is 0 Å². The van der Waals surface area contributed by atoms with Crippen molar-refractivity contribution in [3.63, 3.8) is 0 Å². The molecule has 1 aliphatic heterocycles. The molecule has 18 heavy (non-hydrogen) atoms. The summed E-state index contributed by atoms with van der Waals surface area (Å²) < 4.78 is 1.72. The molecule has 2 N–H and O–H groups in total. The normalized spacial score (nSPS) is 19.7. The van der Waals surface area contributed by atoms with Crippen LogP contribution < -0.4 is 0 Å². The van der Waals surface area contributed by atoms with Crippen LogP contribution in [0.1, 0.15) is 61.8 Å². The summed E-state index contributed by atoms with van der Waals surface area (Å²) in [6.07, 6.45) is 2.17. The zero-order valence-corrected chi connectivity index (χ0v) is 11.1. The number of carbonyl (C=O) groups is 1. The van der Waals surface area contributed by atoms with E-state index in [1.165, 1.54) is 0 Å². The number of aliphatic hydroxyl groups is 1. The lowest BCUT2D eigenvalue weighted by atomic mass is 9.92. The maximum Gasteiger partial charge on any atom is 0.356 e. The monoisotopic (exact) mass is 252 g/mol. The number of aromatic nitrogens is 2. The average molecular weight is 252 g/mol. The number of hydrogen-bond acceptors (Lipinski definition) is 3. The molecule has 0 bridgehead atoms. The van der Waals surface area contributed by atoms with Crippen LogP contribution in [0.2, 0.25) is 0 Å². The van der Waals surface area contributed by atoms with Crippen molar-refractivity contribution in [2.75, 3.05) is 0 Å². The Morgan fingerprint density at radius 1 is 1.50 bits per heavy atom. The largest absolute Gasteiger partial charge is 0.476 e. The van der Waals surface area contributed by atoms with Crippen LogP contribution in [0.25, 0.3) is 0 Å². The number of aliphatic hydroxyl groups excluding tert-OH is 1. The standard InChI is InChI=1S/C13H20N2O3/c1-13(2,3)7-9-14-11(12(17)18)8-5-4-6-10(16)15(8)9/h10,16H,4-7H2,1-3H3,(H,17,18). The zero-order chi connectivity index (χ0) is 13.5. The second-order valence-corrected chi connectivity index (χ2v) is 6.11. The van der Waals surface area contributed by atoms with Gasteiger partial charge in [0.2, 0.25) is 0 Å². The lowest BCUT2D eigenvalue weighted by Crippen LogP contribution is -2.22. The van der Waals surface area contributed by atoms with Crippen LogP contribution in [0.4, 0.5) is 0 Å². The minimum atomic E-state index is -1.01. The van der Waals surface area contributed by atoms with Crippen LogP contribution in [0.3, 0.4) is 0 Å². The second kappa shape index (κ2) is 4.39. The number of imidazole rings is 1. The Kier molecular flexibility index (Phi) is 3.19. The topological polar surface area (TPSA) is 75.3 Å². The third-order valence-corrected chi connectivity index (χ3v) is 3.15. The first-order valence-electron chi connectivity index (χ1n) is 6.31. The first-order chi connectivity index (χ1) is 8.29. The summed E-state index contributed by atoms with van der Waals surface area (Å²) in [4.78, 5) is 15.4. The first kappa shape index (κ1) is 13.1. The number of rotatable bonds is 2. The minimum Gasteiger partial charge on any atom is -0.476 e. The maximum absolute atomic E-state index is 11.2. The molecular formula is C13H20N2O3. The smallest absolute Gasteiger partial charge is 0.356 e. The van der Waals surface area contributed by atoms with Crippen LogP contribution >= 0.6 is 0 Å². The Balaban J connectivity index is 2.50. The number of nitrogens with zero attached hydrogens (tertiary/aromatic N) is 2. The molecule has 5 nitrogen and oxygen atoms in total. The Morgan fingerprint density at radius 2 is 2.17 bits per heavy atom. The lowest BCUT2D eigenvalue weighted by molar-refractivity contribution is 0.0674. The quantitative estimate of drug-likeness (QED) is 0.844. The van der Waals surface area contributed by atoms with Gasteiger partial charge >= 0.3 is 5.97 Å². The molecule has 100 valence electrons. The molecular weight excluding hydrogens is 232 g/mol. The van der Waals surface area contributed by atoms with Crippen LogP contribution in [0.15, 0.2) is 0 Å². The van der Waals surface area contributed by atoms with Gasteiger partial charge in [0.1, 0.15) is 12.1 Å². The third kappa shape index (κ3) is 2.41. The average Bonchev–Trinajstić information content (AvgIpc) is 2.56. The molecule has 0 amide bonds. The second-order valence-electron chi connectivity index (χ2n) is 6.11. The van der Waals surface area contributed by atoms with Gasteiger partial charge in [-0.2, -0.15) is 0 Å². The fourth-order valence-electron chi connectivity index (χ4n) is 2.46. The molecule has 1 aromatic rings. The van der Waals surface area contributed by atoms with E-state index in [2.05, 4.69) is 25.8 Å². The van der Waals surface area contributed by atoms with E-state index >= 15 is 0 Å². The van der Waals surface area contributed by atoms with Crippen molar-refractivity contribution in [2.24, 2.45) is 5.41 Å². The van der Waals surface area contributed by atoms with Gasteiger partial charge in [-0.15, -0.1) is 0 Å². The Morgan fingerprint density at radius 3 is 2.72 bits per heavy atom. The van der Waals surface area contributed by atoms with Crippen molar-refractivity contribution in [1.82, 2.24) is 9.55 Å². The SMILES string of the molecule is CC(C)(C)Cc1nc(C(=O)O)c2n1C(O)CCC2. The molecule has 2 heterocycles. The molecule has 0 aromatic carbocycles. The van der Waals surface area contributed by atoms with Gasteiger partial charge in [0.15, 0.2) is 5.69 Å². The van der Waals surface area contributed by atoms with E-state index in [1.54, 1.807) is 4.57 Å². The highest BCUT2D eigenvalue weighted by atomic mass is 16.4. The molecule has 1 atom stereocenters. The van der Waals surface area contributed by atoms with E-state index in [9.17, 15) is 15.0 Å². The fourth-order valence-corrected chi connectivity index (χ4v) is 2.46. The highest BCUT2D eigenvalue weighted by Crippen LogP contribution is 2.30. The van der Waals surface area contributed by atoms with Crippen molar-refractivity contribution in [1.29, 1.82) is 0 Å². The van der Waals surface area contributed by atoms with Gasteiger partial charge in [-0.1, -0.05) is 20.8 Å². The Hall–Kier alpha value is -1.36. The molecule has 0 saturated carbocycles. The van der Waals surface area contributed by atoms with E-state index in [0.29, 0.717) is 30.8 Å². The molecule has 2 rings (SSSR count). The predicted molar refractivity (Wildman–Crippen MR) is 66.5 cm³/mol. The summed E-state index contributed by atoms with van der Waals surface area (Å²) >= 11 is 0. The highest BCUT2D eigenvalue weighted by Gasteiger charge is 2.29. The van der Waals surface area contributed by atoms with Gasteiger partial charge < -0.3 is 14.8 Å². The molecule has 1 aliphatic rings. The van der Waals surface area contributed by atoms with Gasteiger partial charge in [-0.05, 0) is 24.7 Å². The number of carboxylic acids is 1. The Labute approximate surface area is 106 Å². The van der Waals surface area contributed by atoms with Crippen LogP contribution in [0, 0.1) is 5.41 Å². The number of carboxylic acid groups (broad SMARTS) is 1. The van der Waals surface area contributed by atoms with Gasteiger partial charge in [-0.25, -0.2) is 9.78 Å². The molecule has 0 fully saturated rings. The van der Waals surface area contributed by atoms with Crippen molar-refractivity contribution < 1.29 is 15.0 Å². The van der Waals surface area contributed by atoms with Gasteiger partial charge in [0.25, 0.3) is 0 Å². The molecule has 0 spiro atoms. The van der Waals surface area contributed by atoms with Crippen LogP contribution in [-0.4, -0.2) is 25.7 Å². The van der Waals surface area contributed by atoms with Crippen molar-refractivity contribution in [3.8, 4) is 0 Å². The fraction of sp³-hybridized carbons (Fsp3) is 0.692. The third-order valence-electron chi connectivity index (χ3n) is 3.15. The van der Waals surface area contributed by atoms with E-state index in [4.69, 9.17) is 0 Å². The first-order valence-corrected chi connectivity index (χ1v) is 6.31. The minimum absolute atomic E-state index is 0.00899. The molecule has 1 unspecified atom stereocenters. The van der Waals surface area contributed by atoms with E-state index < -0.39 is 12.2 Å². The summed E-state index contributed by atoms with van der Waals surface area (Å²) in [5.41, 5.74) is 0.781. The molecule has 0 saturated heterocycles. The van der Waals surface area contributed by atoms with E-state index in [1.807, 2.05) is 0 Å². The van der Waals surface area contributed by atoms with Crippen molar-refractivity contribution in [2.45, 2.75) is 52.7 Å².